The molecule has 0 aliphatic heterocycles. The number of rotatable bonds is 5. The van der Waals surface area contributed by atoms with Crippen molar-refractivity contribution in [2.45, 2.75) is 20.0 Å². The van der Waals surface area contributed by atoms with Crippen LogP contribution in [0.4, 0.5) is 0 Å². The van der Waals surface area contributed by atoms with Crippen LogP contribution in [0.3, 0.4) is 0 Å². The summed E-state index contributed by atoms with van der Waals surface area (Å²) in [7, 11) is 0. The van der Waals surface area contributed by atoms with Gasteiger partial charge in [-0.15, -0.1) is 11.3 Å². The standard InChI is InChI=1S/C14H15N3O2S/c1-10-8-20-13-12(10)16-9-17(14(13)18)4-3-15-6-11-2-5-19-7-11/h2,5,7-9,15H,3-4,6H2,1H3. The summed E-state index contributed by atoms with van der Waals surface area (Å²) in [6.45, 7) is 4.03. The quantitative estimate of drug-likeness (QED) is 0.731. The van der Waals surface area contributed by atoms with Crippen LogP contribution in [0.5, 0.6) is 0 Å². The van der Waals surface area contributed by atoms with Crippen molar-refractivity contribution >= 4 is 21.6 Å². The Hall–Kier alpha value is -1.92. The number of furan rings is 1. The van der Waals surface area contributed by atoms with Crippen molar-refractivity contribution in [1.82, 2.24) is 14.9 Å². The highest BCUT2D eigenvalue weighted by atomic mass is 32.1. The number of hydrogen-bond acceptors (Lipinski definition) is 5. The fourth-order valence-corrected chi connectivity index (χ4v) is 2.99. The van der Waals surface area contributed by atoms with Gasteiger partial charge in [-0.3, -0.25) is 9.36 Å². The first-order chi connectivity index (χ1) is 9.75. The Morgan fingerprint density at radius 2 is 2.40 bits per heavy atom. The summed E-state index contributed by atoms with van der Waals surface area (Å²) in [5, 5.41) is 5.25. The van der Waals surface area contributed by atoms with Gasteiger partial charge in [-0.05, 0) is 23.9 Å². The number of thiophene rings is 1. The van der Waals surface area contributed by atoms with E-state index >= 15 is 0 Å². The van der Waals surface area contributed by atoms with E-state index in [1.807, 2.05) is 18.4 Å². The van der Waals surface area contributed by atoms with Crippen LogP contribution in [-0.2, 0) is 13.1 Å². The molecule has 0 aromatic carbocycles. The van der Waals surface area contributed by atoms with Crippen molar-refractivity contribution < 1.29 is 4.42 Å². The minimum atomic E-state index is 0.0400. The molecule has 0 aliphatic carbocycles. The summed E-state index contributed by atoms with van der Waals surface area (Å²) in [6, 6.07) is 1.92. The van der Waals surface area contributed by atoms with Crippen molar-refractivity contribution in [2.75, 3.05) is 6.54 Å². The largest absolute Gasteiger partial charge is 0.472 e. The lowest BCUT2D eigenvalue weighted by molar-refractivity contribution is 0.553. The maximum absolute atomic E-state index is 12.3. The average molecular weight is 289 g/mol. The molecular weight excluding hydrogens is 274 g/mol. The molecule has 20 heavy (non-hydrogen) atoms. The maximum atomic E-state index is 12.3. The lowest BCUT2D eigenvalue weighted by Crippen LogP contribution is -2.26. The highest BCUT2D eigenvalue weighted by Crippen LogP contribution is 2.19. The van der Waals surface area contributed by atoms with Gasteiger partial charge in [0.25, 0.3) is 5.56 Å². The molecular formula is C14H15N3O2S. The van der Waals surface area contributed by atoms with E-state index in [1.54, 1.807) is 23.4 Å². The Labute approximate surface area is 119 Å². The smallest absolute Gasteiger partial charge is 0.271 e. The summed E-state index contributed by atoms with van der Waals surface area (Å²) >= 11 is 1.46. The van der Waals surface area contributed by atoms with E-state index in [0.29, 0.717) is 13.1 Å². The molecule has 5 nitrogen and oxygen atoms in total. The number of fused-ring (bicyclic) bond motifs is 1. The molecule has 0 amide bonds. The van der Waals surface area contributed by atoms with Gasteiger partial charge in [-0.2, -0.15) is 0 Å². The van der Waals surface area contributed by atoms with Crippen molar-refractivity contribution in [3.8, 4) is 0 Å². The van der Waals surface area contributed by atoms with Crippen molar-refractivity contribution in [1.29, 1.82) is 0 Å². The number of nitrogens with one attached hydrogen (secondary N) is 1. The average Bonchev–Trinajstić information content (AvgIpc) is 3.08. The Morgan fingerprint density at radius 3 is 3.20 bits per heavy atom. The zero-order valence-electron chi connectivity index (χ0n) is 11.1. The fourth-order valence-electron chi connectivity index (χ4n) is 2.05. The minimum absolute atomic E-state index is 0.0400. The lowest BCUT2D eigenvalue weighted by Gasteiger charge is -2.06. The molecule has 0 bridgehead atoms. The number of nitrogens with zero attached hydrogens (tertiary/aromatic N) is 2. The fraction of sp³-hybridized carbons (Fsp3) is 0.286. The second-order valence-corrected chi connectivity index (χ2v) is 5.53. The second-order valence-electron chi connectivity index (χ2n) is 4.65. The molecule has 0 saturated heterocycles. The molecule has 0 unspecified atom stereocenters. The maximum Gasteiger partial charge on any atom is 0.271 e. The third-order valence-electron chi connectivity index (χ3n) is 3.16. The normalized spacial score (nSPS) is 11.2. The molecule has 0 aliphatic rings. The molecule has 0 fully saturated rings. The zero-order valence-corrected chi connectivity index (χ0v) is 11.9. The van der Waals surface area contributed by atoms with Crippen LogP contribution in [-0.4, -0.2) is 16.1 Å². The van der Waals surface area contributed by atoms with Gasteiger partial charge in [0.1, 0.15) is 4.70 Å². The Bertz CT molecular complexity index is 758. The number of aryl methyl sites for hydroxylation is 1. The second kappa shape index (κ2) is 5.60. The zero-order chi connectivity index (χ0) is 13.9. The summed E-state index contributed by atoms with van der Waals surface area (Å²) < 4.78 is 7.38. The Kier molecular flexibility index (Phi) is 3.66. The monoisotopic (exact) mass is 289 g/mol. The van der Waals surface area contributed by atoms with Crippen LogP contribution in [0.1, 0.15) is 11.1 Å². The molecule has 104 valence electrons. The summed E-state index contributed by atoms with van der Waals surface area (Å²) in [4.78, 5) is 16.6. The van der Waals surface area contributed by atoms with E-state index in [-0.39, 0.29) is 5.56 Å². The Morgan fingerprint density at radius 1 is 1.50 bits per heavy atom. The van der Waals surface area contributed by atoms with E-state index < -0.39 is 0 Å². The summed E-state index contributed by atoms with van der Waals surface area (Å²) in [6.07, 6.45) is 4.99. The topological polar surface area (TPSA) is 60.1 Å². The Balaban J connectivity index is 1.65. The van der Waals surface area contributed by atoms with E-state index in [2.05, 4.69) is 10.3 Å². The number of aromatic nitrogens is 2. The van der Waals surface area contributed by atoms with Gasteiger partial charge in [0.2, 0.25) is 0 Å². The minimum Gasteiger partial charge on any atom is -0.472 e. The molecule has 0 atom stereocenters. The highest BCUT2D eigenvalue weighted by molar-refractivity contribution is 7.17. The van der Waals surface area contributed by atoms with Gasteiger partial charge in [-0.25, -0.2) is 4.98 Å². The highest BCUT2D eigenvalue weighted by Gasteiger charge is 2.07. The summed E-state index contributed by atoms with van der Waals surface area (Å²) in [5.74, 6) is 0. The molecule has 0 spiro atoms. The molecule has 0 radical (unpaired) electrons. The lowest BCUT2D eigenvalue weighted by atomic mass is 10.3. The van der Waals surface area contributed by atoms with Gasteiger partial charge in [0.05, 0.1) is 24.4 Å². The van der Waals surface area contributed by atoms with Crippen LogP contribution in [0.25, 0.3) is 10.2 Å². The van der Waals surface area contributed by atoms with Gasteiger partial charge in [-0.1, -0.05) is 0 Å². The first-order valence-electron chi connectivity index (χ1n) is 6.41. The molecule has 0 saturated carbocycles. The van der Waals surface area contributed by atoms with Crippen molar-refractivity contribution in [3.05, 3.63) is 51.8 Å². The first-order valence-corrected chi connectivity index (χ1v) is 7.28. The molecule has 6 heteroatoms. The van der Waals surface area contributed by atoms with Gasteiger partial charge in [0.15, 0.2) is 0 Å². The predicted molar refractivity (Wildman–Crippen MR) is 79.0 cm³/mol. The summed E-state index contributed by atoms with van der Waals surface area (Å²) in [5.41, 5.74) is 3.02. The van der Waals surface area contributed by atoms with Crippen LogP contribution in [0.2, 0.25) is 0 Å². The van der Waals surface area contributed by atoms with Crippen molar-refractivity contribution in [2.24, 2.45) is 0 Å². The van der Waals surface area contributed by atoms with Crippen LogP contribution in [0.15, 0.2) is 39.5 Å². The van der Waals surface area contributed by atoms with E-state index in [0.717, 1.165) is 27.9 Å². The first kappa shape index (κ1) is 13.1. The molecule has 3 rings (SSSR count). The van der Waals surface area contributed by atoms with Crippen LogP contribution < -0.4 is 10.9 Å². The molecule has 1 N–H and O–H groups in total. The van der Waals surface area contributed by atoms with Gasteiger partial charge < -0.3 is 9.73 Å². The molecule has 3 aromatic heterocycles. The molecule has 3 heterocycles. The SMILES string of the molecule is Cc1csc2c(=O)n(CCNCc3ccoc3)cnc12. The number of hydrogen-bond donors (Lipinski definition) is 1. The van der Waals surface area contributed by atoms with E-state index in [4.69, 9.17) is 4.42 Å². The van der Waals surface area contributed by atoms with E-state index in [1.165, 1.54) is 11.3 Å². The third-order valence-corrected chi connectivity index (χ3v) is 4.24. The molecule has 3 aromatic rings. The van der Waals surface area contributed by atoms with Crippen molar-refractivity contribution in [3.63, 3.8) is 0 Å². The van der Waals surface area contributed by atoms with Crippen LogP contribution >= 0.6 is 11.3 Å². The van der Waals surface area contributed by atoms with E-state index in [9.17, 15) is 4.79 Å². The predicted octanol–water partition coefficient (Wildman–Crippen LogP) is 2.15. The third kappa shape index (κ3) is 2.52. The van der Waals surface area contributed by atoms with Gasteiger partial charge in [0, 0.05) is 25.2 Å². The van der Waals surface area contributed by atoms with Crippen LogP contribution in [0, 0.1) is 6.92 Å². The van der Waals surface area contributed by atoms with Gasteiger partial charge >= 0.3 is 0 Å².